The van der Waals surface area contributed by atoms with Gasteiger partial charge in [0, 0.05) is 13.1 Å². The van der Waals surface area contributed by atoms with Crippen LogP contribution in [-0.4, -0.2) is 20.7 Å². The summed E-state index contributed by atoms with van der Waals surface area (Å²) in [6, 6.07) is 1.99. The molecule has 7 heteroatoms. The van der Waals surface area contributed by atoms with Crippen LogP contribution in [0.3, 0.4) is 0 Å². The fourth-order valence-corrected chi connectivity index (χ4v) is 2.52. The number of sulfonamides is 1. The van der Waals surface area contributed by atoms with Gasteiger partial charge >= 0.3 is 0 Å². The highest BCUT2D eigenvalue weighted by atomic mass is 79.9. The smallest absolute Gasteiger partial charge is 0.210 e. The van der Waals surface area contributed by atoms with Gasteiger partial charge in [-0.3, -0.25) is 0 Å². The van der Waals surface area contributed by atoms with Crippen molar-refractivity contribution >= 4 is 37.3 Å². The van der Waals surface area contributed by atoms with Crippen molar-refractivity contribution in [3.8, 4) is 0 Å². The lowest BCUT2D eigenvalue weighted by atomic mass is 10.3. The summed E-state index contributed by atoms with van der Waals surface area (Å²) in [5.41, 5.74) is 1.14. The Morgan fingerprint density at radius 3 is 2.79 bits per heavy atom. The number of halogens is 1. The molecule has 0 aliphatic carbocycles. The predicted octanol–water partition coefficient (Wildman–Crippen LogP) is 0.889. The van der Waals surface area contributed by atoms with Crippen LogP contribution in [-0.2, 0) is 16.6 Å². The summed E-state index contributed by atoms with van der Waals surface area (Å²) in [5.74, 6) is -0.0295. The normalized spacial score (nSPS) is 11.9. The van der Waals surface area contributed by atoms with Gasteiger partial charge in [-0.25, -0.2) is 13.6 Å². The lowest BCUT2D eigenvalue weighted by molar-refractivity contribution is 0.592. The summed E-state index contributed by atoms with van der Waals surface area (Å²) in [6.45, 7) is 1.05. The second-order valence-corrected chi connectivity index (χ2v) is 6.83. The molecule has 0 atom stereocenters. The summed E-state index contributed by atoms with van der Waals surface area (Å²) in [7, 11) is -3.34. The molecule has 0 fully saturated rings. The number of rotatable bonds is 5. The Bertz CT molecular complexity index is 388. The van der Waals surface area contributed by atoms with E-state index >= 15 is 0 Å². The Morgan fingerprint density at radius 1 is 1.57 bits per heavy atom. The van der Waals surface area contributed by atoms with Gasteiger partial charge in [-0.1, -0.05) is 0 Å². The maximum atomic E-state index is 10.6. The van der Waals surface area contributed by atoms with Crippen molar-refractivity contribution in [2.45, 2.75) is 6.54 Å². The van der Waals surface area contributed by atoms with E-state index in [1.165, 1.54) is 0 Å². The van der Waals surface area contributed by atoms with Gasteiger partial charge in [0.15, 0.2) is 0 Å². The first-order chi connectivity index (χ1) is 6.47. The largest absolute Gasteiger partial charge is 0.312 e. The van der Waals surface area contributed by atoms with Crippen molar-refractivity contribution < 1.29 is 8.42 Å². The van der Waals surface area contributed by atoms with Gasteiger partial charge in [0.1, 0.15) is 0 Å². The Balaban J connectivity index is 2.23. The standard InChI is InChI=1S/C7H11BrN2O2S2/c8-7-3-6(5-13-7)4-10-1-2-14(9,11)12/h3,5,10H,1-2,4H2,(H2,9,11,12). The predicted molar refractivity (Wildman–Crippen MR) is 61.7 cm³/mol. The van der Waals surface area contributed by atoms with Crippen LogP contribution in [0.4, 0.5) is 0 Å². The van der Waals surface area contributed by atoms with Crippen LogP contribution < -0.4 is 10.5 Å². The fraction of sp³-hybridized carbons (Fsp3) is 0.429. The first-order valence-corrected chi connectivity index (χ1v) is 7.30. The first kappa shape index (κ1) is 12.1. The molecule has 0 aliphatic rings. The molecule has 0 saturated carbocycles. The number of primary sulfonamides is 1. The molecule has 14 heavy (non-hydrogen) atoms. The third-order valence-electron chi connectivity index (χ3n) is 1.51. The Morgan fingerprint density at radius 2 is 2.29 bits per heavy atom. The second kappa shape index (κ2) is 5.22. The van der Waals surface area contributed by atoms with Gasteiger partial charge in [-0.05, 0) is 32.9 Å². The molecule has 0 amide bonds. The molecule has 1 heterocycles. The number of thiophene rings is 1. The second-order valence-electron chi connectivity index (χ2n) is 2.80. The molecule has 1 aromatic heterocycles. The minimum absolute atomic E-state index is 0.0295. The van der Waals surface area contributed by atoms with Gasteiger partial charge in [0.2, 0.25) is 10.0 Å². The van der Waals surface area contributed by atoms with Crippen molar-refractivity contribution in [1.29, 1.82) is 0 Å². The number of hydrogen-bond donors (Lipinski definition) is 2. The highest BCUT2D eigenvalue weighted by Crippen LogP contribution is 2.20. The van der Waals surface area contributed by atoms with E-state index in [4.69, 9.17) is 5.14 Å². The highest BCUT2D eigenvalue weighted by molar-refractivity contribution is 9.11. The fourth-order valence-electron chi connectivity index (χ4n) is 0.886. The van der Waals surface area contributed by atoms with Crippen LogP contribution in [0.5, 0.6) is 0 Å². The van der Waals surface area contributed by atoms with Gasteiger partial charge in [-0.2, -0.15) is 0 Å². The van der Waals surface area contributed by atoms with Crippen LogP contribution in [0.1, 0.15) is 5.56 Å². The molecule has 4 nitrogen and oxygen atoms in total. The van der Waals surface area contributed by atoms with E-state index in [1.807, 2.05) is 11.4 Å². The van der Waals surface area contributed by atoms with Crippen molar-refractivity contribution in [2.75, 3.05) is 12.3 Å². The van der Waals surface area contributed by atoms with Gasteiger partial charge in [0.05, 0.1) is 9.54 Å². The average molecular weight is 299 g/mol. The van der Waals surface area contributed by atoms with Crippen molar-refractivity contribution in [3.63, 3.8) is 0 Å². The molecule has 3 N–H and O–H groups in total. The summed E-state index contributed by atoms with van der Waals surface area (Å²) in [4.78, 5) is 0. The Labute approximate surface area is 95.7 Å². The molecule has 0 radical (unpaired) electrons. The lowest BCUT2D eigenvalue weighted by Crippen LogP contribution is -2.26. The summed E-state index contributed by atoms with van der Waals surface area (Å²) in [5, 5.41) is 9.85. The first-order valence-electron chi connectivity index (χ1n) is 3.91. The molecule has 0 aliphatic heterocycles. The third-order valence-corrected chi connectivity index (χ3v) is 3.84. The SMILES string of the molecule is NS(=O)(=O)CCNCc1csc(Br)c1. The lowest BCUT2D eigenvalue weighted by Gasteiger charge is -2.00. The van der Waals surface area contributed by atoms with Gasteiger partial charge in [-0.15, -0.1) is 11.3 Å². The highest BCUT2D eigenvalue weighted by Gasteiger charge is 2.01. The van der Waals surface area contributed by atoms with Gasteiger partial charge in [0.25, 0.3) is 0 Å². The summed E-state index contributed by atoms with van der Waals surface area (Å²) < 4.78 is 22.2. The monoisotopic (exact) mass is 298 g/mol. The van der Waals surface area contributed by atoms with Crippen molar-refractivity contribution in [3.05, 3.63) is 20.8 Å². The van der Waals surface area contributed by atoms with E-state index in [0.717, 1.165) is 9.35 Å². The van der Waals surface area contributed by atoms with Crippen molar-refractivity contribution in [2.24, 2.45) is 5.14 Å². The summed E-state index contributed by atoms with van der Waals surface area (Å²) in [6.07, 6.45) is 0. The summed E-state index contributed by atoms with van der Waals surface area (Å²) >= 11 is 4.95. The molecule has 0 spiro atoms. The molecule has 1 aromatic rings. The molecule has 80 valence electrons. The molecule has 0 aromatic carbocycles. The zero-order valence-corrected chi connectivity index (χ0v) is 10.6. The number of nitrogens with two attached hydrogens (primary N) is 1. The van der Waals surface area contributed by atoms with Crippen LogP contribution >= 0.6 is 27.3 Å². The van der Waals surface area contributed by atoms with E-state index in [9.17, 15) is 8.42 Å². The quantitative estimate of drug-likeness (QED) is 0.793. The molecular formula is C7H11BrN2O2S2. The van der Waals surface area contributed by atoms with Crippen LogP contribution in [0.15, 0.2) is 15.2 Å². The molecular weight excluding hydrogens is 288 g/mol. The maximum Gasteiger partial charge on any atom is 0.210 e. The zero-order valence-electron chi connectivity index (χ0n) is 7.36. The van der Waals surface area contributed by atoms with E-state index < -0.39 is 10.0 Å². The number of nitrogens with one attached hydrogen (secondary N) is 1. The minimum atomic E-state index is -3.34. The topological polar surface area (TPSA) is 72.2 Å². The molecule has 0 bridgehead atoms. The maximum absolute atomic E-state index is 10.6. The molecule has 0 saturated heterocycles. The van der Waals surface area contributed by atoms with E-state index in [-0.39, 0.29) is 5.75 Å². The minimum Gasteiger partial charge on any atom is -0.312 e. The van der Waals surface area contributed by atoms with E-state index in [1.54, 1.807) is 11.3 Å². The van der Waals surface area contributed by atoms with Crippen LogP contribution in [0, 0.1) is 0 Å². The van der Waals surface area contributed by atoms with E-state index in [0.29, 0.717) is 13.1 Å². The average Bonchev–Trinajstić information content (AvgIpc) is 2.44. The number of hydrogen-bond acceptors (Lipinski definition) is 4. The molecule has 1 rings (SSSR count). The molecule has 0 unspecified atom stereocenters. The van der Waals surface area contributed by atoms with Crippen molar-refractivity contribution in [1.82, 2.24) is 5.32 Å². The van der Waals surface area contributed by atoms with Gasteiger partial charge < -0.3 is 5.32 Å². The van der Waals surface area contributed by atoms with Crippen LogP contribution in [0.25, 0.3) is 0 Å². The van der Waals surface area contributed by atoms with Crippen LogP contribution in [0.2, 0.25) is 0 Å². The van der Waals surface area contributed by atoms with E-state index in [2.05, 4.69) is 21.2 Å². The Kier molecular flexibility index (Phi) is 4.52. The zero-order chi connectivity index (χ0) is 10.6. The third kappa shape index (κ3) is 5.06. The Hall–Kier alpha value is 0.0500.